The van der Waals surface area contributed by atoms with Crippen molar-refractivity contribution in [3.8, 4) is 5.75 Å². The van der Waals surface area contributed by atoms with E-state index < -0.39 is 5.63 Å². The molecule has 3 rings (SSSR count). The van der Waals surface area contributed by atoms with E-state index in [0.29, 0.717) is 30.9 Å². The minimum absolute atomic E-state index is 0.0215. The molecule has 1 atom stereocenters. The number of carbonyl (C=O) groups is 1. The summed E-state index contributed by atoms with van der Waals surface area (Å²) in [5.74, 6) is 0.253. The zero-order chi connectivity index (χ0) is 19.8. The van der Waals surface area contributed by atoms with Crippen molar-refractivity contribution in [1.29, 1.82) is 0 Å². The molecular weight excluding hydrogens is 358 g/mol. The molecule has 6 nitrogen and oxygen atoms in total. The summed E-state index contributed by atoms with van der Waals surface area (Å²) in [5, 5.41) is 3.59. The van der Waals surface area contributed by atoms with Crippen molar-refractivity contribution in [3.63, 3.8) is 0 Å². The van der Waals surface area contributed by atoms with E-state index >= 15 is 0 Å². The number of rotatable bonds is 9. The first-order valence-electron chi connectivity index (χ1n) is 9.22. The number of ether oxygens (including phenoxy) is 2. The van der Waals surface area contributed by atoms with E-state index in [-0.39, 0.29) is 18.6 Å². The molecule has 1 heterocycles. The predicted molar refractivity (Wildman–Crippen MR) is 106 cm³/mol. The molecule has 3 aromatic rings. The topological polar surface area (TPSA) is 77.8 Å². The lowest BCUT2D eigenvalue weighted by Gasteiger charge is -2.13. The molecule has 0 saturated carbocycles. The largest absolute Gasteiger partial charge is 0.484 e. The summed E-state index contributed by atoms with van der Waals surface area (Å²) in [6, 6.07) is 18.1. The molecule has 0 fully saturated rings. The van der Waals surface area contributed by atoms with E-state index in [2.05, 4.69) is 5.32 Å². The maximum Gasteiger partial charge on any atom is 0.336 e. The van der Waals surface area contributed by atoms with Gasteiger partial charge in [-0.1, -0.05) is 30.3 Å². The Labute approximate surface area is 163 Å². The Morgan fingerprint density at radius 3 is 2.71 bits per heavy atom. The Morgan fingerprint density at radius 2 is 1.89 bits per heavy atom. The van der Waals surface area contributed by atoms with Crippen LogP contribution in [0.1, 0.15) is 25.0 Å². The van der Waals surface area contributed by atoms with Gasteiger partial charge in [0.05, 0.1) is 6.10 Å². The molecule has 0 bridgehead atoms. The van der Waals surface area contributed by atoms with Crippen LogP contribution in [0.25, 0.3) is 11.0 Å². The summed E-state index contributed by atoms with van der Waals surface area (Å²) >= 11 is 0. The molecule has 1 amide bonds. The van der Waals surface area contributed by atoms with Crippen LogP contribution < -0.4 is 15.7 Å². The molecule has 0 saturated heterocycles. The standard InChI is InChI=1S/C22H23NO5/c1-16(17-6-3-2-4-7-17)26-13-5-12-23-21(24)15-27-19-10-8-18-9-11-22(25)28-20(18)14-19/h2-4,6-11,14,16H,5,12-13,15H2,1H3,(H,23,24). The quantitative estimate of drug-likeness (QED) is 0.454. The van der Waals surface area contributed by atoms with E-state index in [1.807, 2.05) is 37.3 Å². The van der Waals surface area contributed by atoms with Crippen molar-refractivity contribution in [1.82, 2.24) is 5.32 Å². The van der Waals surface area contributed by atoms with Crippen LogP contribution in [0.15, 0.2) is 69.9 Å². The van der Waals surface area contributed by atoms with Crippen molar-refractivity contribution < 1.29 is 18.7 Å². The van der Waals surface area contributed by atoms with Crippen LogP contribution in [-0.2, 0) is 9.53 Å². The number of amides is 1. The van der Waals surface area contributed by atoms with Crippen LogP contribution in [0, 0.1) is 0 Å². The second kappa shape index (κ2) is 9.71. The van der Waals surface area contributed by atoms with Gasteiger partial charge in [-0.3, -0.25) is 4.79 Å². The lowest BCUT2D eigenvalue weighted by Crippen LogP contribution is -2.30. The van der Waals surface area contributed by atoms with Crippen LogP contribution in [0.2, 0.25) is 0 Å². The Morgan fingerprint density at radius 1 is 1.11 bits per heavy atom. The highest BCUT2D eigenvalue weighted by Gasteiger charge is 2.06. The second-order valence-electron chi connectivity index (χ2n) is 6.37. The second-order valence-corrected chi connectivity index (χ2v) is 6.37. The van der Waals surface area contributed by atoms with E-state index in [1.54, 1.807) is 24.3 Å². The number of fused-ring (bicyclic) bond motifs is 1. The number of nitrogens with one attached hydrogen (secondary N) is 1. The summed E-state index contributed by atoms with van der Waals surface area (Å²) in [4.78, 5) is 23.2. The zero-order valence-corrected chi connectivity index (χ0v) is 15.7. The third-order valence-corrected chi connectivity index (χ3v) is 4.24. The monoisotopic (exact) mass is 381 g/mol. The fourth-order valence-corrected chi connectivity index (χ4v) is 2.71. The third kappa shape index (κ3) is 5.69. The third-order valence-electron chi connectivity index (χ3n) is 4.24. The zero-order valence-electron chi connectivity index (χ0n) is 15.7. The minimum Gasteiger partial charge on any atom is -0.484 e. The molecule has 0 aliphatic carbocycles. The summed E-state index contributed by atoms with van der Waals surface area (Å²) in [6.07, 6.45) is 0.734. The Hall–Kier alpha value is -3.12. The van der Waals surface area contributed by atoms with E-state index in [4.69, 9.17) is 13.9 Å². The van der Waals surface area contributed by atoms with Gasteiger partial charge >= 0.3 is 5.63 Å². The van der Waals surface area contributed by atoms with Gasteiger partial charge < -0.3 is 19.2 Å². The van der Waals surface area contributed by atoms with Crippen LogP contribution in [0.5, 0.6) is 5.75 Å². The van der Waals surface area contributed by atoms with Crippen LogP contribution >= 0.6 is 0 Å². The Bertz CT molecular complexity index is 967. The smallest absolute Gasteiger partial charge is 0.336 e. The van der Waals surface area contributed by atoms with E-state index in [9.17, 15) is 9.59 Å². The van der Waals surface area contributed by atoms with E-state index in [1.165, 1.54) is 6.07 Å². The molecule has 1 aromatic heterocycles. The average molecular weight is 381 g/mol. The molecule has 146 valence electrons. The molecule has 1 unspecified atom stereocenters. The summed E-state index contributed by atoms with van der Waals surface area (Å²) in [5.41, 5.74) is 1.13. The first kappa shape index (κ1) is 19.6. The van der Waals surface area contributed by atoms with Gasteiger partial charge in [-0.2, -0.15) is 0 Å². The summed E-state index contributed by atoms with van der Waals surface area (Å²) in [7, 11) is 0. The molecule has 1 N–H and O–H groups in total. The molecule has 0 aliphatic heterocycles. The number of hydrogen-bond donors (Lipinski definition) is 1. The maximum atomic E-state index is 11.9. The SMILES string of the molecule is CC(OCCCNC(=O)COc1ccc2ccc(=O)oc2c1)c1ccccc1. The first-order chi connectivity index (χ1) is 13.6. The number of carbonyl (C=O) groups excluding carboxylic acids is 1. The maximum absolute atomic E-state index is 11.9. The normalized spacial score (nSPS) is 11.9. The Balaban J connectivity index is 1.35. The van der Waals surface area contributed by atoms with Gasteiger partial charge in [0.1, 0.15) is 11.3 Å². The van der Waals surface area contributed by atoms with Crippen molar-refractivity contribution >= 4 is 16.9 Å². The minimum atomic E-state index is -0.425. The summed E-state index contributed by atoms with van der Waals surface area (Å²) in [6.45, 7) is 2.97. The van der Waals surface area contributed by atoms with Gasteiger partial charge in [0.25, 0.3) is 5.91 Å². The highest BCUT2D eigenvalue weighted by atomic mass is 16.5. The van der Waals surface area contributed by atoms with Gasteiger partial charge in [0, 0.05) is 30.7 Å². The summed E-state index contributed by atoms with van der Waals surface area (Å²) < 4.78 is 16.3. The molecule has 6 heteroatoms. The lowest BCUT2D eigenvalue weighted by molar-refractivity contribution is -0.123. The van der Waals surface area contributed by atoms with Crippen molar-refractivity contribution in [2.45, 2.75) is 19.4 Å². The highest BCUT2D eigenvalue weighted by molar-refractivity contribution is 5.79. The van der Waals surface area contributed by atoms with Crippen LogP contribution in [-0.4, -0.2) is 25.7 Å². The van der Waals surface area contributed by atoms with Gasteiger partial charge in [-0.05, 0) is 37.1 Å². The lowest BCUT2D eigenvalue weighted by atomic mass is 10.1. The highest BCUT2D eigenvalue weighted by Crippen LogP contribution is 2.19. The van der Waals surface area contributed by atoms with Gasteiger partial charge in [-0.25, -0.2) is 4.79 Å². The molecule has 0 spiro atoms. The van der Waals surface area contributed by atoms with Gasteiger partial charge in [0.2, 0.25) is 0 Å². The fraction of sp³-hybridized carbons (Fsp3) is 0.273. The first-order valence-corrected chi connectivity index (χ1v) is 9.22. The number of benzene rings is 2. The molecule has 28 heavy (non-hydrogen) atoms. The predicted octanol–water partition coefficient (Wildman–Crippen LogP) is 3.46. The van der Waals surface area contributed by atoms with Gasteiger partial charge in [0.15, 0.2) is 6.61 Å². The van der Waals surface area contributed by atoms with E-state index in [0.717, 1.165) is 10.9 Å². The molecule has 2 aromatic carbocycles. The molecule has 0 radical (unpaired) electrons. The fourth-order valence-electron chi connectivity index (χ4n) is 2.71. The molecular formula is C22H23NO5. The van der Waals surface area contributed by atoms with Crippen molar-refractivity contribution in [2.75, 3.05) is 19.8 Å². The average Bonchev–Trinajstić information content (AvgIpc) is 2.72. The Kier molecular flexibility index (Phi) is 6.81. The number of hydrogen-bond acceptors (Lipinski definition) is 5. The van der Waals surface area contributed by atoms with Crippen molar-refractivity contribution in [3.05, 3.63) is 76.6 Å². The van der Waals surface area contributed by atoms with Gasteiger partial charge in [-0.15, -0.1) is 0 Å². The van der Waals surface area contributed by atoms with Crippen LogP contribution in [0.4, 0.5) is 0 Å². The molecule has 0 aliphatic rings. The van der Waals surface area contributed by atoms with Crippen LogP contribution in [0.3, 0.4) is 0 Å². The van der Waals surface area contributed by atoms with Crippen molar-refractivity contribution in [2.24, 2.45) is 0 Å².